The molecule has 0 amide bonds. The molecule has 0 fully saturated rings. The molecule has 0 N–H and O–H groups in total. The van der Waals surface area contributed by atoms with Crippen LogP contribution in [0.3, 0.4) is 0 Å². The van der Waals surface area contributed by atoms with Crippen molar-refractivity contribution in [3.8, 4) is 11.5 Å². The SMILES string of the molecule is CCOc1cc(C=Nn2c([C@@H](C)CC)nc3ccc(Br)cc3c2=O)c(Br)c(Br)c1OCc1ccc(C)cc1. The second-order valence-electron chi connectivity index (χ2n) is 8.93. The van der Waals surface area contributed by atoms with Crippen molar-refractivity contribution in [1.29, 1.82) is 0 Å². The molecule has 4 rings (SSSR count). The zero-order valence-corrected chi connectivity index (χ0v) is 26.4. The normalized spacial score (nSPS) is 12.3. The third-order valence-corrected chi connectivity index (χ3v) is 8.79. The molecule has 3 aromatic carbocycles. The lowest BCUT2D eigenvalue weighted by Gasteiger charge is -2.17. The van der Waals surface area contributed by atoms with Gasteiger partial charge in [0.1, 0.15) is 12.4 Å². The first kappa shape index (κ1) is 28.5. The number of nitrogens with zero attached hydrogens (tertiary/aromatic N) is 3. The molecule has 38 heavy (non-hydrogen) atoms. The molecule has 0 aliphatic rings. The van der Waals surface area contributed by atoms with Gasteiger partial charge in [0.15, 0.2) is 11.5 Å². The molecule has 0 spiro atoms. The lowest BCUT2D eigenvalue weighted by molar-refractivity contribution is 0.267. The van der Waals surface area contributed by atoms with Crippen molar-refractivity contribution in [3.05, 3.63) is 94.8 Å². The van der Waals surface area contributed by atoms with Gasteiger partial charge >= 0.3 is 0 Å². The molecule has 0 bridgehead atoms. The highest BCUT2D eigenvalue weighted by molar-refractivity contribution is 9.13. The van der Waals surface area contributed by atoms with Gasteiger partial charge in [-0.25, -0.2) is 4.98 Å². The van der Waals surface area contributed by atoms with Gasteiger partial charge in [0.25, 0.3) is 5.56 Å². The third-order valence-electron chi connectivity index (χ3n) is 6.16. The van der Waals surface area contributed by atoms with Crippen LogP contribution in [-0.4, -0.2) is 22.5 Å². The van der Waals surface area contributed by atoms with Gasteiger partial charge in [-0.1, -0.05) is 59.6 Å². The van der Waals surface area contributed by atoms with Crippen LogP contribution >= 0.6 is 47.8 Å². The summed E-state index contributed by atoms with van der Waals surface area (Å²) in [6.07, 6.45) is 2.46. The summed E-state index contributed by atoms with van der Waals surface area (Å²) in [4.78, 5) is 18.3. The van der Waals surface area contributed by atoms with Gasteiger partial charge in [-0.2, -0.15) is 9.78 Å². The van der Waals surface area contributed by atoms with E-state index in [-0.39, 0.29) is 11.5 Å². The minimum atomic E-state index is -0.221. The largest absolute Gasteiger partial charge is 0.490 e. The van der Waals surface area contributed by atoms with Crippen LogP contribution < -0.4 is 15.0 Å². The van der Waals surface area contributed by atoms with Crippen molar-refractivity contribution in [2.45, 2.75) is 46.6 Å². The first-order valence-corrected chi connectivity index (χ1v) is 14.7. The van der Waals surface area contributed by atoms with Crippen LogP contribution in [0.2, 0.25) is 0 Å². The van der Waals surface area contributed by atoms with Crippen molar-refractivity contribution in [1.82, 2.24) is 9.66 Å². The van der Waals surface area contributed by atoms with Gasteiger partial charge in [0.2, 0.25) is 0 Å². The molecule has 4 aromatic rings. The van der Waals surface area contributed by atoms with Crippen LogP contribution in [0, 0.1) is 6.92 Å². The van der Waals surface area contributed by atoms with Crippen molar-refractivity contribution < 1.29 is 9.47 Å². The predicted octanol–water partition coefficient (Wildman–Crippen LogP) is 8.37. The Labute approximate surface area is 247 Å². The Hall–Kier alpha value is -2.49. The molecule has 0 saturated heterocycles. The van der Waals surface area contributed by atoms with E-state index in [1.807, 2.05) is 44.2 Å². The quantitative estimate of drug-likeness (QED) is 0.164. The second kappa shape index (κ2) is 12.6. The van der Waals surface area contributed by atoms with E-state index in [4.69, 9.17) is 14.5 Å². The van der Waals surface area contributed by atoms with Gasteiger partial charge in [0, 0.05) is 20.4 Å². The zero-order valence-electron chi connectivity index (χ0n) is 21.6. The fourth-order valence-corrected chi connectivity index (χ4v) is 5.13. The molecular formula is C29H28Br3N3O3. The lowest BCUT2D eigenvalue weighted by Crippen LogP contribution is -2.23. The minimum Gasteiger partial charge on any atom is -0.490 e. The summed E-state index contributed by atoms with van der Waals surface area (Å²) in [5.74, 6) is 1.82. The van der Waals surface area contributed by atoms with E-state index in [1.165, 1.54) is 10.2 Å². The third kappa shape index (κ3) is 6.21. The predicted molar refractivity (Wildman–Crippen MR) is 164 cm³/mol. The number of aromatic nitrogens is 2. The standard InChI is InChI=1S/C29H28Br3N3O3/c1-5-18(4)28-34-23-12-11-21(30)14-22(23)29(36)35(28)33-15-20-13-24(37-6-2)27(26(32)25(20)31)38-16-19-9-7-17(3)8-10-19/h7-15,18H,5-6,16H2,1-4H3/t18-/m0/s1. The first-order valence-electron chi connectivity index (χ1n) is 12.3. The Balaban J connectivity index is 1.76. The summed E-state index contributed by atoms with van der Waals surface area (Å²) in [6.45, 7) is 8.94. The molecular weight excluding hydrogens is 678 g/mol. The number of aryl methyl sites for hydroxylation is 1. The number of hydrogen-bond acceptors (Lipinski definition) is 5. The summed E-state index contributed by atoms with van der Waals surface area (Å²) in [5.41, 5.74) is 3.40. The van der Waals surface area contributed by atoms with Gasteiger partial charge in [-0.15, -0.1) is 0 Å². The number of hydrogen-bond donors (Lipinski definition) is 0. The lowest BCUT2D eigenvalue weighted by atomic mass is 10.1. The summed E-state index contributed by atoms with van der Waals surface area (Å²) >= 11 is 10.8. The van der Waals surface area contributed by atoms with Gasteiger partial charge in [0.05, 0.1) is 28.2 Å². The second-order valence-corrected chi connectivity index (χ2v) is 11.4. The minimum absolute atomic E-state index is 0.0413. The fraction of sp³-hybridized carbons (Fsp3) is 0.276. The van der Waals surface area contributed by atoms with Crippen molar-refractivity contribution in [2.75, 3.05) is 6.61 Å². The van der Waals surface area contributed by atoms with E-state index in [2.05, 4.69) is 78.9 Å². The van der Waals surface area contributed by atoms with E-state index < -0.39 is 0 Å². The molecule has 0 radical (unpaired) electrons. The molecule has 0 aliphatic heterocycles. The number of halogens is 3. The topological polar surface area (TPSA) is 65.7 Å². The number of ether oxygens (including phenoxy) is 2. The van der Waals surface area contributed by atoms with Crippen molar-refractivity contribution >= 4 is 64.9 Å². The van der Waals surface area contributed by atoms with Crippen LogP contribution in [0.25, 0.3) is 10.9 Å². The number of benzene rings is 3. The van der Waals surface area contributed by atoms with Crippen molar-refractivity contribution in [3.63, 3.8) is 0 Å². The Morgan fingerprint density at radius 1 is 1.03 bits per heavy atom. The maximum absolute atomic E-state index is 13.5. The fourth-order valence-electron chi connectivity index (χ4n) is 3.83. The maximum atomic E-state index is 13.5. The molecule has 0 aliphatic carbocycles. The molecule has 6 nitrogen and oxygen atoms in total. The number of fused-ring (bicyclic) bond motifs is 1. The Bertz CT molecular complexity index is 1550. The van der Waals surface area contributed by atoms with Gasteiger partial charge in [-0.05, 0) is 82.0 Å². The Kier molecular flexibility index (Phi) is 9.44. The smallest absolute Gasteiger partial charge is 0.282 e. The highest BCUT2D eigenvalue weighted by Crippen LogP contribution is 2.43. The van der Waals surface area contributed by atoms with Gasteiger partial charge < -0.3 is 9.47 Å². The molecule has 1 atom stereocenters. The first-order chi connectivity index (χ1) is 18.2. The molecule has 0 unspecified atom stereocenters. The van der Waals surface area contributed by atoms with Crippen LogP contribution in [0.1, 0.15) is 55.6 Å². The van der Waals surface area contributed by atoms with Crippen LogP contribution in [0.15, 0.2) is 71.8 Å². The highest BCUT2D eigenvalue weighted by Gasteiger charge is 2.19. The molecule has 1 aromatic heterocycles. The molecule has 0 saturated carbocycles. The summed E-state index contributed by atoms with van der Waals surface area (Å²) < 4.78 is 15.7. The monoisotopic (exact) mass is 703 g/mol. The maximum Gasteiger partial charge on any atom is 0.282 e. The average molecular weight is 706 g/mol. The van der Waals surface area contributed by atoms with Crippen LogP contribution in [0.4, 0.5) is 0 Å². The highest BCUT2D eigenvalue weighted by atomic mass is 79.9. The molecule has 9 heteroatoms. The Morgan fingerprint density at radius 3 is 2.45 bits per heavy atom. The summed E-state index contributed by atoms with van der Waals surface area (Å²) in [7, 11) is 0. The molecule has 1 heterocycles. The summed E-state index contributed by atoms with van der Waals surface area (Å²) in [5, 5.41) is 5.11. The zero-order chi connectivity index (χ0) is 27.4. The van der Waals surface area contributed by atoms with E-state index in [1.54, 1.807) is 12.3 Å². The van der Waals surface area contributed by atoms with E-state index in [0.29, 0.717) is 45.9 Å². The van der Waals surface area contributed by atoms with Crippen LogP contribution in [0.5, 0.6) is 11.5 Å². The van der Waals surface area contributed by atoms with Gasteiger partial charge in [-0.3, -0.25) is 4.79 Å². The Morgan fingerprint density at radius 2 is 1.76 bits per heavy atom. The van der Waals surface area contributed by atoms with E-state index >= 15 is 0 Å². The average Bonchev–Trinajstić information content (AvgIpc) is 2.91. The van der Waals surface area contributed by atoms with E-state index in [9.17, 15) is 4.79 Å². The van der Waals surface area contributed by atoms with Crippen molar-refractivity contribution in [2.24, 2.45) is 5.10 Å². The molecule has 198 valence electrons. The van der Waals surface area contributed by atoms with E-state index in [0.717, 1.165) is 26.5 Å². The summed E-state index contributed by atoms with van der Waals surface area (Å²) in [6, 6.07) is 15.6. The van der Waals surface area contributed by atoms with Crippen LogP contribution in [-0.2, 0) is 6.61 Å². The number of rotatable bonds is 9.